The summed E-state index contributed by atoms with van der Waals surface area (Å²) in [4.78, 5) is 14.3. The maximum Gasteiger partial charge on any atom is 0.230 e. The molecule has 1 amide bonds. The number of hydrogen-bond donors (Lipinski definition) is 3. The second kappa shape index (κ2) is 7.87. The molecular weight excluding hydrogens is 391 g/mol. The van der Waals surface area contributed by atoms with Crippen molar-refractivity contribution in [1.29, 1.82) is 0 Å². The highest BCUT2D eigenvalue weighted by atomic mass is 32.2. The third-order valence-electron chi connectivity index (χ3n) is 6.03. The second-order valence-electron chi connectivity index (χ2n) is 7.95. The zero-order chi connectivity index (χ0) is 19.8. The fraction of sp³-hybridized carbons (Fsp3) is 0.500. The van der Waals surface area contributed by atoms with Crippen molar-refractivity contribution >= 4 is 22.8 Å². The number of nitrogens with zero attached hydrogens (tertiary/aromatic N) is 3. The summed E-state index contributed by atoms with van der Waals surface area (Å²) in [6.07, 6.45) is 9.48. The molecule has 3 N–H and O–H groups in total. The van der Waals surface area contributed by atoms with E-state index in [-0.39, 0.29) is 30.0 Å². The molecule has 1 saturated heterocycles. The van der Waals surface area contributed by atoms with Crippen molar-refractivity contribution in [1.82, 2.24) is 26.1 Å². The van der Waals surface area contributed by atoms with Gasteiger partial charge in [0.05, 0.1) is 17.8 Å². The summed E-state index contributed by atoms with van der Waals surface area (Å²) < 4.78 is 13.2. The van der Waals surface area contributed by atoms with Crippen LogP contribution in [0.25, 0.3) is 0 Å². The van der Waals surface area contributed by atoms with E-state index >= 15 is 0 Å². The average molecular weight is 417 g/mol. The van der Waals surface area contributed by atoms with Crippen LogP contribution in [0.5, 0.6) is 0 Å². The number of benzene rings is 1. The number of carbonyl (C=O) groups is 1. The fourth-order valence-corrected chi connectivity index (χ4v) is 5.32. The van der Waals surface area contributed by atoms with Gasteiger partial charge in [-0.2, -0.15) is 5.10 Å². The lowest BCUT2D eigenvalue weighted by molar-refractivity contribution is -0.119. The van der Waals surface area contributed by atoms with Gasteiger partial charge < -0.3 is 15.2 Å². The first-order chi connectivity index (χ1) is 14.2. The number of amidine groups is 1. The third-order valence-corrected chi connectivity index (χ3v) is 7.00. The summed E-state index contributed by atoms with van der Waals surface area (Å²) in [5.41, 5.74) is 7.78. The Morgan fingerprint density at radius 1 is 1.24 bits per heavy atom. The Morgan fingerprint density at radius 2 is 2.03 bits per heavy atom. The Hall–Kier alpha value is -2.26. The first kappa shape index (κ1) is 18.7. The van der Waals surface area contributed by atoms with Crippen molar-refractivity contribution in [2.75, 3.05) is 5.75 Å². The number of rotatable bonds is 4. The van der Waals surface area contributed by atoms with Gasteiger partial charge in [-0.05, 0) is 37.0 Å². The lowest BCUT2D eigenvalue weighted by Gasteiger charge is -2.36. The molecule has 5 rings (SSSR count). The summed E-state index contributed by atoms with van der Waals surface area (Å²) >= 11 is 1.46. The quantitative estimate of drug-likeness (QED) is 0.699. The Balaban J connectivity index is 1.18. The van der Waals surface area contributed by atoms with E-state index in [4.69, 9.17) is 0 Å². The first-order valence-corrected chi connectivity index (χ1v) is 11.2. The Labute approximate surface area is 173 Å². The van der Waals surface area contributed by atoms with Gasteiger partial charge in [0.1, 0.15) is 12.0 Å². The van der Waals surface area contributed by atoms with Gasteiger partial charge in [-0.3, -0.25) is 10.2 Å². The SMILES string of the molecule is O=C(CSC1=NNC2C3CC(c4ccc(F)cc4)NN3C=CN12)NC1CCCC1. The summed E-state index contributed by atoms with van der Waals surface area (Å²) in [7, 11) is 0. The van der Waals surface area contributed by atoms with Gasteiger partial charge in [0.2, 0.25) is 5.91 Å². The van der Waals surface area contributed by atoms with Gasteiger partial charge in [0, 0.05) is 18.4 Å². The highest BCUT2D eigenvalue weighted by molar-refractivity contribution is 8.14. The van der Waals surface area contributed by atoms with E-state index in [9.17, 15) is 9.18 Å². The molecule has 4 aliphatic rings. The van der Waals surface area contributed by atoms with Gasteiger partial charge in [-0.1, -0.05) is 36.7 Å². The molecule has 3 heterocycles. The molecule has 0 radical (unpaired) electrons. The van der Waals surface area contributed by atoms with E-state index in [2.05, 4.69) is 31.2 Å². The van der Waals surface area contributed by atoms with Crippen LogP contribution < -0.4 is 16.2 Å². The molecule has 3 aliphatic heterocycles. The lowest BCUT2D eigenvalue weighted by Crippen LogP contribution is -2.54. The van der Waals surface area contributed by atoms with Crippen LogP contribution in [0, 0.1) is 5.82 Å². The molecule has 3 atom stereocenters. The largest absolute Gasteiger partial charge is 0.353 e. The maximum atomic E-state index is 13.2. The molecule has 1 aliphatic carbocycles. The van der Waals surface area contributed by atoms with Crippen molar-refractivity contribution in [3.05, 3.63) is 48.0 Å². The normalized spacial score (nSPS) is 28.2. The van der Waals surface area contributed by atoms with Crippen LogP contribution in [0.15, 0.2) is 41.8 Å². The van der Waals surface area contributed by atoms with E-state index in [0.29, 0.717) is 11.8 Å². The summed E-state index contributed by atoms with van der Waals surface area (Å²) in [5, 5.41) is 10.5. The number of fused-ring (bicyclic) bond motifs is 3. The minimum absolute atomic E-state index is 0.0124. The Morgan fingerprint density at radius 3 is 2.83 bits per heavy atom. The van der Waals surface area contributed by atoms with Gasteiger partial charge in [-0.25, -0.2) is 9.82 Å². The topological polar surface area (TPSA) is 72.0 Å². The minimum atomic E-state index is -0.222. The smallest absolute Gasteiger partial charge is 0.230 e. The summed E-state index contributed by atoms with van der Waals surface area (Å²) in [6.45, 7) is 0. The third kappa shape index (κ3) is 3.81. The van der Waals surface area contributed by atoms with E-state index < -0.39 is 0 Å². The number of thioether (sulfide) groups is 1. The molecule has 1 aromatic carbocycles. The second-order valence-corrected chi connectivity index (χ2v) is 8.90. The number of amides is 1. The van der Waals surface area contributed by atoms with Crippen LogP contribution in [0.1, 0.15) is 43.7 Å². The van der Waals surface area contributed by atoms with Crippen LogP contribution in [0.4, 0.5) is 4.39 Å². The predicted octanol–water partition coefficient (Wildman–Crippen LogP) is 2.22. The highest BCUT2D eigenvalue weighted by Gasteiger charge is 2.44. The van der Waals surface area contributed by atoms with Gasteiger partial charge in [0.25, 0.3) is 0 Å². The van der Waals surface area contributed by atoms with Crippen LogP contribution in [0.3, 0.4) is 0 Å². The number of halogens is 1. The van der Waals surface area contributed by atoms with Crippen LogP contribution in [0.2, 0.25) is 0 Å². The van der Waals surface area contributed by atoms with E-state index in [1.807, 2.05) is 24.5 Å². The molecule has 3 unspecified atom stereocenters. The zero-order valence-electron chi connectivity index (χ0n) is 16.1. The Kier molecular flexibility index (Phi) is 5.09. The number of carbonyl (C=O) groups excluding carboxylic acids is 1. The number of hydrazine groups is 1. The predicted molar refractivity (Wildman–Crippen MR) is 111 cm³/mol. The molecule has 0 spiro atoms. The molecule has 29 heavy (non-hydrogen) atoms. The number of hydrazone groups is 1. The van der Waals surface area contributed by atoms with E-state index in [0.717, 1.165) is 30.0 Å². The monoisotopic (exact) mass is 416 g/mol. The maximum absolute atomic E-state index is 13.2. The van der Waals surface area contributed by atoms with Crippen molar-refractivity contribution < 1.29 is 9.18 Å². The molecular formula is C20H25FN6OS. The Bertz CT molecular complexity index is 825. The van der Waals surface area contributed by atoms with E-state index in [1.165, 1.54) is 36.7 Å². The average Bonchev–Trinajstić information content (AvgIpc) is 3.45. The van der Waals surface area contributed by atoms with Gasteiger partial charge >= 0.3 is 0 Å². The lowest BCUT2D eigenvalue weighted by atomic mass is 10.00. The van der Waals surface area contributed by atoms with Crippen LogP contribution in [-0.4, -0.2) is 45.0 Å². The molecule has 0 aromatic heterocycles. The van der Waals surface area contributed by atoms with Crippen LogP contribution in [-0.2, 0) is 4.79 Å². The molecule has 9 heteroatoms. The van der Waals surface area contributed by atoms with Crippen molar-refractivity contribution in [2.45, 2.75) is 56.4 Å². The standard InChI is InChI=1S/C20H25FN6OS/c21-14-7-5-13(6-8-14)16-11-17-19-23-24-20(26(19)9-10-27(17)25-16)29-12-18(28)22-15-3-1-2-4-15/h5-10,15-17,19,23,25H,1-4,11-12H2,(H,22,28). The van der Waals surface area contributed by atoms with Crippen LogP contribution >= 0.6 is 11.8 Å². The van der Waals surface area contributed by atoms with Crippen molar-refractivity contribution in [2.24, 2.45) is 5.10 Å². The number of hydrogen-bond acceptors (Lipinski definition) is 7. The molecule has 1 aromatic rings. The molecule has 7 nitrogen and oxygen atoms in total. The highest BCUT2D eigenvalue weighted by Crippen LogP contribution is 2.35. The van der Waals surface area contributed by atoms with Gasteiger partial charge in [-0.15, -0.1) is 0 Å². The summed E-state index contributed by atoms with van der Waals surface area (Å²) in [5.74, 6) is 0.230. The summed E-state index contributed by atoms with van der Waals surface area (Å²) in [6, 6.07) is 7.31. The number of nitrogens with one attached hydrogen (secondary N) is 3. The molecule has 0 bridgehead atoms. The fourth-order valence-electron chi connectivity index (χ4n) is 4.53. The van der Waals surface area contributed by atoms with E-state index in [1.54, 1.807) is 0 Å². The minimum Gasteiger partial charge on any atom is -0.353 e. The molecule has 1 saturated carbocycles. The zero-order valence-corrected chi connectivity index (χ0v) is 16.9. The van der Waals surface area contributed by atoms with Crippen molar-refractivity contribution in [3.8, 4) is 0 Å². The van der Waals surface area contributed by atoms with Crippen molar-refractivity contribution in [3.63, 3.8) is 0 Å². The van der Waals surface area contributed by atoms with Gasteiger partial charge in [0.15, 0.2) is 5.17 Å². The first-order valence-electron chi connectivity index (χ1n) is 10.2. The molecule has 2 fully saturated rings. The molecule has 154 valence electrons.